The summed E-state index contributed by atoms with van der Waals surface area (Å²) in [7, 11) is 0. The van der Waals surface area contributed by atoms with E-state index in [1.165, 1.54) is 24.0 Å². The molecule has 2 aromatic rings. The second-order valence-electron chi connectivity index (χ2n) is 8.91. The number of anilines is 2. The fourth-order valence-electron chi connectivity index (χ4n) is 4.96. The lowest BCUT2D eigenvalue weighted by Gasteiger charge is -2.36. The summed E-state index contributed by atoms with van der Waals surface area (Å²) in [5.41, 5.74) is 4.74. The van der Waals surface area contributed by atoms with E-state index in [4.69, 9.17) is 4.74 Å². The summed E-state index contributed by atoms with van der Waals surface area (Å²) in [6, 6.07) is 11.7. The summed E-state index contributed by atoms with van der Waals surface area (Å²) in [5.74, 6) is 1.13. The molecule has 0 bridgehead atoms. The van der Waals surface area contributed by atoms with Gasteiger partial charge in [-0.15, -0.1) is 0 Å². The molecule has 0 saturated carbocycles. The number of nitrogens with one attached hydrogen (secondary N) is 1. The van der Waals surface area contributed by atoms with Crippen LogP contribution in [0.2, 0.25) is 0 Å². The highest BCUT2D eigenvalue weighted by atomic mass is 16.5. The lowest BCUT2D eigenvalue weighted by molar-refractivity contribution is -0.123. The molecule has 1 aliphatic carbocycles. The van der Waals surface area contributed by atoms with Crippen molar-refractivity contribution in [1.29, 1.82) is 0 Å². The van der Waals surface area contributed by atoms with E-state index in [9.17, 15) is 9.90 Å². The van der Waals surface area contributed by atoms with Crippen LogP contribution in [0, 0.1) is 0 Å². The van der Waals surface area contributed by atoms with E-state index in [0.29, 0.717) is 5.75 Å². The Hall–Kier alpha value is -2.73. The van der Waals surface area contributed by atoms with Gasteiger partial charge < -0.3 is 20.1 Å². The highest BCUT2D eigenvalue weighted by Crippen LogP contribution is 2.36. The molecule has 1 amide bonds. The molecule has 6 nitrogen and oxygen atoms in total. The summed E-state index contributed by atoms with van der Waals surface area (Å²) in [4.78, 5) is 17.4. The minimum absolute atomic E-state index is 0.0135. The number of aryl methyl sites for hydroxylation is 2. The number of ether oxygens (including phenoxy) is 1. The molecule has 31 heavy (non-hydrogen) atoms. The predicted molar refractivity (Wildman–Crippen MR) is 122 cm³/mol. The number of carbonyl (C=O) groups is 1. The largest absolute Gasteiger partial charge is 0.508 e. The van der Waals surface area contributed by atoms with Crippen LogP contribution in [0.3, 0.4) is 0 Å². The molecule has 5 rings (SSSR count). The van der Waals surface area contributed by atoms with Gasteiger partial charge in [0.1, 0.15) is 11.5 Å². The highest BCUT2D eigenvalue weighted by molar-refractivity contribution is 5.97. The number of phenols is 1. The number of hydrogen-bond donors (Lipinski definition) is 2. The lowest BCUT2D eigenvalue weighted by atomic mass is 9.90. The van der Waals surface area contributed by atoms with Crippen molar-refractivity contribution >= 4 is 17.3 Å². The van der Waals surface area contributed by atoms with Crippen molar-refractivity contribution in [2.75, 3.05) is 42.9 Å². The summed E-state index contributed by atoms with van der Waals surface area (Å²) < 4.78 is 6.13. The van der Waals surface area contributed by atoms with Crippen LogP contribution in [0.25, 0.3) is 0 Å². The predicted octanol–water partition coefficient (Wildman–Crippen LogP) is 3.57. The van der Waals surface area contributed by atoms with Crippen molar-refractivity contribution in [3.8, 4) is 11.5 Å². The smallest absolute Gasteiger partial charge is 0.265 e. The van der Waals surface area contributed by atoms with Gasteiger partial charge in [-0.2, -0.15) is 0 Å². The van der Waals surface area contributed by atoms with Crippen LogP contribution >= 0.6 is 0 Å². The van der Waals surface area contributed by atoms with Gasteiger partial charge in [-0.25, -0.2) is 0 Å². The maximum absolute atomic E-state index is 12.6. The van der Waals surface area contributed by atoms with Gasteiger partial charge in [0.15, 0.2) is 6.10 Å². The summed E-state index contributed by atoms with van der Waals surface area (Å²) in [6.45, 7) is 4.95. The van der Waals surface area contributed by atoms with Gasteiger partial charge in [0.05, 0.1) is 5.69 Å². The topological polar surface area (TPSA) is 65.0 Å². The second-order valence-corrected chi connectivity index (χ2v) is 8.91. The molecule has 1 saturated heterocycles. The number of fused-ring (bicyclic) bond motifs is 2. The molecule has 2 N–H and O–H groups in total. The quantitative estimate of drug-likeness (QED) is 0.773. The lowest BCUT2D eigenvalue weighted by Crippen LogP contribution is -2.47. The fourth-order valence-corrected chi connectivity index (χ4v) is 4.96. The van der Waals surface area contributed by atoms with Gasteiger partial charge in [-0.3, -0.25) is 9.69 Å². The zero-order valence-electron chi connectivity index (χ0n) is 18.0. The number of aromatic hydroxyl groups is 1. The van der Waals surface area contributed by atoms with Crippen molar-refractivity contribution in [1.82, 2.24) is 4.90 Å². The Morgan fingerprint density at radius 1 is 1.00 bits per heavy atom. The van der Waals surface area contributed by atoms with Gasteiger partial charge in [0.25, 0.3) is 5.91 Å². The number of carbonyl (C=O) groups excluding carboxylic acids is 1. The van der Waals surface area contributed by atoms with E-state index >= 15 is 0 Å². The van der Waals surface area contributed by atoms with Crippen LogP contribution in [0.4, 0.5) is 11.4 Å². The summed E-state index contributed by atoms with van der Waals surface area (Å²) >= 11 is 0. The third kappa shape index (κ3) is 4.49. The van der Waals surface area contributed by atoms with Crippen LogP contribution in [-0.2, 0) is 17.6 Å². The van der Waals surface area contributed by atoms with E-state index in [1.807, 2.05) is 12.1 Å². The van der Waals surface area contributed by atoms with Crippen LogP contribution < -0.4 is 15.0 Å². The number of phenolic OH excluding ortho intramolecular Hbond substituents is 1. The van der Waals surface area contributed by atoms with Gasteiger partial charge in [0.2, 0.25) is 0 Å². The molecule has 2 aromatic carbocycles. The fraction of sp³-hybridized carbons (Fsp3) is 0.480. The Labute approximate surface area is 183 Å². The van der Waals surface area contributed by atoms with Crippen LogP contribution in [0.1, 0.15) is 36.8 Å². The molecule has 2 heterocycles. The Morgan fingerprint density at radius 2 is 1.71 bits per heavy atom. The van der Waals surface area contributed by atoms with E-state index in [0.717, 1.165) is 75.5 Å². The number of hydrogen-bond acceptors (Lipinski definition) is 5. The standard InChI is InChI=1S/C25H31N3O3/c29-21-9-7-20(8-10-21)28-14-12-27(13-15-28)11-3-6-23-25(30)26-22-16-18-4-1-2-5-19(18)17-24(22)31-23/h7-10,16-17,23,29H,1-6,11-15H2,(H,26,30). The number of benzene rings is 2. The zero-order chi connectivity index (χ0) is 21.2. The Kier molecular flexibility index (Phi) is 5.72. The monoisotopic (exact) mass is 421 g/mol. The molecule has 0 aromatic heterocycles. The highest BCUT2D eigenvalue weighted by Gasteiger charge is 2.29. The maximum Gasteiger partial charge on any atom is 0.265 e. The third-order valence-corrected chi connectivity index (χ3v) is 6.79. The minimum Gasteiger partial charge on any atom is -0.508 e. The van der Waals surface area contributed by atoms with Crippen molar-refractivity contribution in [2.45, 2.75) is 44.6 Å². The van der Waals surface area contributed by atoms with Crippen LogP contribution in [0.5, 0.6) is 11.5 Å². The molecular weight excluding hydrogens is 390 g/mol. The molecule has 6 heteroatoms. The van der Waals surface area contributed by atoms with E-state index < -0.39 is 6.10 Å². The first-order chi connectivity index (χ1) is 15.2. The van der Waals surface area contributed by atoms with Gasteiger partial charge >= 0.3 is 0 Å². The summed E-state index contributed by atoms with van der Waals surface area (Å²) in [5, 5.41) is 12.5. The molecule has 164 valence electrons. The molecule has 0 spiro atoms. The van der Waals surface area contributed by atoms with Crippen LogP contribution in [0.15, 0.2) is 36.4 Å². The van der Waals surface area contributed by atoms with Gasteiger partial charge in [-0.05, 0) is 92.6 Å². The number of rotatable bonds is 5. The molecule has 2 aliphatic heterocycles. The number of piperazine rings is 1. The van der Waals surface area contributed by atoms with E-state index in [1.54, 1.807) is 12.1 Å². The molecular formula is C25H31N3O3. The Morgan fingerprint density at radius 3 is 2.45 bits per heavy atom. The molecule has 3 aliphatic rings. The summed E-state index contributed by atoms with van der Waals surface area (Å²) in [6.07, 6.45) is 5.96. The first-order valence-corrected chi connectivity index (χ1v) is 11.6. The van der Waals surface area contributed by atoms with Crippen molar-refractivity contribution in [2.24, 2.45) is 0 Å². The number of nitrogens with zero attached hydrogens (tertiary/aromatic N) is 2. The first kappa shape index (κ1) is 20.2. The average Bonchev–Trinajstić information content (AvgIpc) is 2.79. The SMILES string of the molecule is O=C1Nc2cc3c(cc2OC1CCCN1CCN(c2ccc(O)cc2)CC1)CCCC3. The van der Waals surface area contributed by atoms with Crippen molar-refractivity contribution in [3.05, 3.63) is 47.5 Å². The Bertz CT molecular complexity index is 936. The van der Waals surface area contributed by atoms with Crippen LogP contribution in [-0.4, -0.2) is 54.7 Å². The van der Waals surface area contributed by atoms with Crippen molar-refractivity contribution < 1.29 is 14.6 Å². The van der Waals surface area contributed by atoms with Gasteiger partial charge in [-0.1, -0.05) is 0 Å². The van der Waals surface area contributed by atoms with Crippen molar-refractivity contribution in [3.63, 3.8) is 0 Å². The Balaban J connectivity index is 1.10. The maximum atomic E-state index is 12.6. The second kappa shape index (κ2) is 8.79. The molecule has 1 fully saturated rings. The number of amides is 1. The molecule has 1 unspecified atom stereocenters. The normalized spacial score (nSPS) is 21.1. The molecule has 0 radical (unpaired) electrons. The zero-order valence-corrected chi connectivity index (χ0v) is 18.0. The third-order valence-electron chi connectivity index (χ3n) is 6.79. The molecule has 1 atom stereocenters. The van der Waals surface area contributed by atoms with E-state index in [-0.39, 0.29) is 5.91 Å². The van der Waals surface area contributed by atoms with E-state index in [2.05, 4.69) is 27.2 Å². The average molecular weight is 422 g/mol. The van der Waals surface area contributed by atoms with Gasteiger partial charge in [0, 0.05) is 31.9 Å². The first-order valence-electron chi connectivity index (χ1n) is 11.6. The minimum atomic E-state index is -0.396.